The first kappa shape index (κ1) is 13.9. The van der Waals surface area contributed by atoms with Crippen molar-refractivity contribution < 1.29 is 14.7 Å². The minimum absolute atomic E-state index is 0.101. The molecule has 2 fully saturated rings. The number of nitrogens with zero attached hydrogens (tertiary/aromatic N) is 2. The summed E-state index contributed by atoms with van der Waals surface area (Å²) >= 11 is 0. The number of carbonyl (C=O) groups excluding carboxylic acids is 1. The molecule has 2 aliphatic rings. The van der Waals surface area contributed by atoms with Gasteiger partial charge in [-0.05, 0) is 31.9 Å². The molecule has 0 aromatic carbocycles. The Kier molecular flexibility index (Phi) is 3.31. The summed E-state index contributed by atoms with van der Waals surface area (Å²) in [6.07, 6.45) is 3.21. The molecule has 6 heteroatoms. The largest absolute Gasteiger partial charge is 0.481 e. The number of pyridine rings is 1. The van der Waals surface area contributed by atoms with Crippen LogP contribution >= 0.6 is 0 Å². The molecule has 1 atom stereocenters. The molecule has 0 unspecified atom stereocenters. The lowest BCUT2D eigenvalue weighted by Crippen LogP contribution is -2.55. The maximum atomic E-state index is 11.6. The van der Waals surface area contributed by atoms with E-state index in [0.29, 0.717) is 12.8 Å². The van der Waals surface area contributed by atoms with Gasteiger partial charge in [0.05, 0.1) is 11.5 Å². The third kappa shape index (κ3) is 2.46. The van der Waals surface area contributed by atoms with Crippen LogP contribution in [0.2, 0.25) is 0 Å². The van der Waals surface area contributed by atoms with Gasteiger partial charge in [-0.25, -0.2) is 0 Å². The molecule has 1 aromatic heterocycles. The number of hydrogen-bond acceptors (Lipinski definition) is 4. The molecule has 3 heterocycles. The zero-order valence-electron chi connectivity index (χ0n) is 12.0. The maximum absolute atomic E-state index is 11.6. The number of hydrogen-bond donors (Lipinski definition) is 2. The molecule has 0 saturated carbocycles. The normalized spacial score (nSPS) is 24.1. The predicted octanol–water partition coefficient (Wildman–Crippen LogP) is 0.950. The standard InChI is InChI=1S/C15H19N3O3/c1-10-8-11(2-5-16-10)18-6-3-15(4-7-18)12(14(20)21)9-13(19)17-15/h2,5,8,12H,3-4,6-7,9H2,1H3,(H,17,19)(H,20,21)/t12-/m1/s1. The Morgan fingerprint density at radius 3 is 2.81 bits per heavy atom. The molecule has 0 radical (unpaired) electrons. The van der Waals surface area contributed by atoms with Gasteiger partial charge in [0.15, 0.2) is 0 Å². The molecule has 3 rings (SSSR count). The Morgan fingerprint density at radius 2 is 2.19 bits per heavy atom. The van der Waals surface area contributed by atoms with Crippen molar-refractivity contribution in [3.8, 4) is 0 Å². The first-order chi connectivity index (χ1) is 10.00. The number of rotatable bonds is 2. The Balaban J connectivity index is 1.75. The summed E-state index contributed by atoms with van der Waals surface area (Å²) in [4.78, 5) is 29.4. The van der Waals surface area contributed by atoms with Crippen LogP contribution in [0, 0.1) is 12.8 Å². The smallest absolute Gasteiger partial charge is 0.309 e. The number of aromatic nitrogens is 1. The Hall–Kier alpha value is -2.11. The molecule has 1 aromatic rings. The lowest BCUT2D eigenvalue weighted by atomic mass is 9.77. The van der Waals surface area contributed by atoms with Crippen LogP contribution in [0.1, 0.15) is 25.0 Å². The van der Waals surface area contributed by atoms with Crippen molar-refractivity contribution in [2.45, 2.75) is 31.7 Å². The van der Waals surface area contributed by atoms with Crippen molar-refractivity contribution in [2.75, 3.05) is 18.0 Å². The van der Waals surface area contributed by atoms with Crippen LogP contribution in [0.4, 0.5) is 5.69 Å². The van der Waals surface area contributed by atoms with Crippen molar-refractivity contribution in [3.05, 3.63) is 24.0 Å². The summed E-state index contributed by atoms with van der Waals surface area (Å²) in [5.41, 5.74) is 1.50. The van der Waals surface area contributed by atoms with Gasteiger partial charge in [0, 0.05) is 37.1 Å². The van der Waals surface area contributed by atoms with Gasteiger partial charge in [-0.3, -0.25) is 14.6 Å². The highest BCUT2D eigenvalue weighted by Crippen LogP contribution is 2.37. The number of nitrogens with one attached hydrogen (secondary N) is 1. The van der Waals surface area contributed by atoms with Crippen molar-refractivity contribution >= 4 is 17.6 Å². The number of piperidine rings is 1. The van der Waals surface area contributed by atoms with Gasteiger partial charge in [-0.15, -0.1) is 0 Å². The first-order valence-corrected chi connectivity index (χ1v) is 7.22. The van der Waals surface area contributed by atoms with E-state index in [2.05, 4.69) is 15.2 Å². The molecule has 2 saturated heterocycles. The van der Waals surface area contributed by atoms with E-state index in [1.54, 1.807) is 6.20 Å². The fraction of sp³-hybridized carbons (Fsp3) is 0.533. The van der Waals surface area contributed by atoms with E-state index in [0.717, 1.165) is 24.5 Å². The molecule has 0 bridgehead atoms. The second-order valence-corrected chi connectivity index (χ2v) is 5.94. The average Bonchev–Trinajstić information content (AvgIpc) is 2.76. The highest BCUT2D eigenvalue weighted by Gasteiger charge is 2.51. The fourth-order valence-electron chi connectivity index (χ4n) is 3.48. The van der Waals surface area contributed by atoms with Crippen molar-refractivity contribution in [1.29, 1.82) is 0 Å². The van der Waals surface area contributed by atoms with Crippen LogP contribution in [0.15, 0.2) is 18.3 Å². The van der Waals surface area contributed by atoms with E-state index in [1.165, 1.54) is 0 Å². The van der Waals surface area contributed by atoms with Crippen LogP contribution in [-0.4, -0.2) is 40.6 Å². The van der Waals surface area contributed by atoms with Gasteiger partial charge in [0.25, 0.3) is 0 Å². The molecule has 1 spiro atoms. The lowest BCUT2D eigenvalue weighted by Gasteiger charge is -2.42. The number of anilines is 1. The third-order valence-corrected chi connectivity index (χ3v) is 4.64. The number of aryl methyl sites for hydroxylation is 1. The zero-order chi connectivity index (χ0) is 15.0. The van der Waals surface area contributed by atoms with Crippen LogP contribution in [0.25, 0.3) is 0 Å². The summed E-state index contributed by atoms with van der Waals surface area (Å²) in [7, 11) is 0. The molecule has 2 N–H and O–H groups in total. The van der Waals surface area contributed by atoms with Gasteiger partial charge in [0.2, 0.25) is 5.91 Å². The Labute approximate surface area is 123 Å². The third-order valence-electron chi connectivity index (χ3n) is 4.64. The van der Waals surface area contributed by atoms with Crippen LogP contribution < -0.4 is 10.2 Å². The number of aliphatic carboxylic acids is 1. The molecule has 2 aliphatic heterocycles. The van der Waals surface area contributed by atoms with Crippen molar-refractivity contribution in [3.63, 3.8) is 0 Å². The topological polar surface area (TPSA) is 82.5 Å². The minimum Gasteiger partial charge on any atom is -0.481 e. The quantitative estimate of drug-likeness (QED) is 0.847. The van der Waals surface area contributed by atoms with E-state index in [-0.39, 0.29) is 12.3 Å². The SMILES string of the molecule is Cc1cc(N2CCC3(CC2)NC(=O)C[C@@H]3C(=O)O)ccn1. The number of carbonyl (C=O) groups is 2. The highest BCUT2D eigenvalue weighted by atomic mass is 16.4. The van der Waals surface area contributed by atoms with Crippen LogP contribution in [-0.2, 0) is 9.59 Å². The van der Waals surface area contributed by atoms with Crippen molar-refractivity contribution in [2.24, 2.45) is 5.92 Å². The molecule has 0 aliphatic carbocycles. The molecule has 1 amide bonds. The Morgan fingerprint density at radius 1 is 1.48 bits per heavy atom. The number of amides is 1. The summed E-state index contributed by atoms with van der Waals surface area (Å²) in [5, 5.41) is 12.3. The molecule has 6 nitrogen and oxygen atoms in total. The van der Waals surface area contributed by atoms with Gasteiger partial charge in [0.1, 0.15) is 0 Å². The fourth-order valence-corrected chi connectivity index (χ4v) is 3.48. The zero-order valence-corrected chi connectivity index (χ0v) is 12.0. The highest BCUT2D eigenvalue weighted by molar-refractivity contribution is 5.88. The van der Waals surface area contributed by atoms with E-state index in [4.69, 9.17) is 0 Å². The van der Waals surface area contributed by atoms with Crippen LogP contribution in [0.5, 0.6) is 0 Å². The molecular formula is C15H19N3O3. The number of carboxylic acid groups (broad SMARTS) is 1. The monoisotopic (exact) mass is 289 g/mol. The Bertz CT molecular complexity index is 579. The van der Waals surface area contributed by atoms with Gasteiger partial charge < -0.3 is 15.3 Å². The molecule has 21 heavy (non-hydrogen) atoms. The summed E-state index contributed by atoms with van der Waals surface area (Å²) < 4.78 is 0. The molecule has 112 valence electrons. The van der Waals surface area contributed by atoms with E-state index in [1.807, 2.05) is 19.1 Å². The van der Waals surface area contributed by atoms with Crippen molar-refractivity contribution in [1.82, 2.24) is 10.3 Å². The van der Waals surface area contributed by atoms with Gasteiger partial charge in [-0.1, -0.05) is 0 Å². The second kappa shape index (κ2) is 5.02. The summed E-state index contributed by atoms with van der Waals surface area (Å²) in [6, 6.07) is 3.99. The maximum Gasteiger partial charge on any atom is 0.309 e. The lowest BCUT2D eigenvalue weighted by molar-refractivity contribution is -0.144. The second-order valence-electron chi connectivity index (χ2n) is 5.94. The molecular weight excluding hydrogens is 270 g/mol. The van der Waals surface area contributed by atoms with Gasteiger partial charge in [-0.2, -0.15) is 0 Å². The van der Waals surface area contributed by atoms with Crippen LogP contribution in [0.3, 0.4) is 0 Å². The summed E-state index contributed by atoms with van der Waals surface area (Å²) in [5.74, 6) is -1.62. The van der Waals surface area contributed by atoms with E-state index >= 15 is 0 Å². The van der Waals surface area contributed by atoms with E-state index in [9.17, 15) is 14.7 Å². The summed E-state index contributed by atoms with van der Waals surface area (Å²) in [6.45, 7) is 3.44. The number of carboxylic acids is 1. The predicted molar refractivity (Wildman–Crippen MR) is 77.0 cm³/mol. The minimum atomic E-state index is -0.874. The van der Waals surface area contributed by atoms with E-state index < -0.39 is 17.4 Å². The first-order valence-electron chi connectivity index (χ1n) is 7.22. The average molecular weight is 289 g/mol. The van der Waals surface area contributed by atoms with Gasteiger partial charge >= 0.3 is 5.97 Å².